The van der Waals surface area contributed by atoms with Gasteiger partial charge >= 0.3 is 5.97 Å². The summed E-state index contributed by atoms with van der Waals surface area (Å²) in [7, 11) is 1.77. The maximum Gasteiger partial charge on any atom is 0.339 e. The van der Waals surface area contributed by atoms with Gasteiger partial charge in [-0.15, -0.1) is 0 Å². The zero-order valence-corrected chi connectivity index (χ0v) is 11.7. The summed E-state index contributed by atoms with van der Waals surface area (Å²) in [5.74, 6) is -1.03. The standard InChI is InChI=1S/C15H14N4O2/c1-9-3-5-10(6-4-9)18-13-11-8-17-19(2)14(11)16-7-12(13)15(20)21/h3-8H,1-2H3,(H,16,18)(H,20,21). The van der Waals surface area contributed by atoms with Crippen molar-refractivity contribution in [2.75, 3.05) is 5.32 Å². The van der Waals surface area contributed by atoms with Crippen molar-refractivity contribution in [2.45, 2.75) is 6.92 Å². The molecule has 0 aliphatic heterocycles. The molecule has 0 bridgehead atoms. The molecule has 6 nitrogen and oxygen atoms in total. The lowest BCUT2D eigenvalue weighted by Crippen LogP contribution is -2.05. The Hall–Kier alpha value is -2.89. The monoisotopic (exact) mass is 282 g/mol. The fourth-order valence-corrected chi connectivity index (χ4v) is 2.17. The molecule has 21 heavy (non-hydrogen) atoms. The lowest BCUT2D eigenvalue weighted by Gasteiger charge is -2.11. The second kappa shape index (κ2) is 4.90. The van der Waals surface area contributed by atoms with Crippen molar-refractivity contribution in [3.63, 3.8) is 0 Å². The number of hydrogen-bond donors (Lipinski definition) is 2. The van der Waals surface area contributed by atoms with Gasteiger partial charge in [-0.1, -0.05) is 17.7 Å². The minimum atomic E-state index is -1.03. The number of carbonyl (C=O) groups is 1. The molecular formula is C15H14N4O2. The van der Waals surface area contributed by atoms with Crippen molar-refractivity contribution in [3.8, 4) is 0 Å². The van der Waals surface area contributed by atoms with Gasteiger partial charge in [0.2, 0.25) is 0 Å². The number of aromatic carboxylic acids is 1. The van der Waals surface area contributed by atoms with Crippen LogP contribution in [0.4, 0.5) is 11.4 Å². The van der Waals surface area contributed by atoms with E-state index in [-0.39, 0.29) is 5.56 Å². The van der Waals surface area contributed by atoms with Gasteiger partial charge in [0.25, 0.3) is 0 Å². The SMILES string of the molecule is Cc1ccc(Nc2c(C(=O)O)cnc3c2cnn3C)cc1. The summed E-state index contributed by atoms with van der Waals surface area (Å²) in [4.78, 5) is 15.6. The number of carboxylic acids is 1. The molecule has 0 atom stereocenters. The van der Waals surface area contributed by atoms with E-state index in [0.717, 1.165) is 11.3 Å². The first-order chi connectivity index (χ1) is 10.1. The van der Waals surface area contributed by atoms with Crippen molar-refractivity contribution in [1.82, 2.24) is 14.8 Å². The van der Waals surface area contributed by atoms with Crippen LogP contribution in [-0.2, 0) is 7.05 Å². The number of aryl methyl sites for hydroxylation is 2. The number of rotatable bonds is 3. The highest BCUT2D eigenvalue weighted by atomic mass is 16.4. The van der Waals surface area contributed by atoms with Crippen LogP contribution in [0.25, 0.3) is 11.0 Å². The van der Waals surface area contributed by atoms with E-state index in [9.17, 15) is 9.90 Å². The van der Waals surface area contributed by atoms with E-state index in [1.165, 1.54) is 6.20 Å². The van der Waals surface area contributed by atoms with Gasteiger partial charge in [0.05, 0.1) is 17.3 Å². The van der Waals surface area contributed by atoms with Crippen LogP contribution in [0.3, 0.4) is 0 Å². The highest BCUT2D eigenvalue weighted by Gasteiger charge is 2.17. The van der Waals surface area contributed by atoms with Crippen molar-refractivity contribution in [3.05, 3.63) is 47.8 Å². The Kier molecular flexibility index (Phi) is 3.06. The quantitative estimate of drug-likeness (QED) is 0.772. The third-order valence-electron chi connectivity index (χ3n) is 3.31. The molecule has 0 spiro atoms. The molecule has 0 saturated heterocycles. The number of anilines is 2. The van der Waals surface area contributed by atoms with E-state index < -0.39 is 5.97 Å². The van der Waals surface area contributed by atoms with Crippen LogP contribution in [0.2, 0.25) is 0 Å². The number of fused-ring (bicyclic) bond motifs is 1. The second-order valence-corrected chi connectivity index (χ2v) is 4.85. The molecule has 106 valence electrons. The van der Waals surface area contributed by atoms with Gasteiger partial charge < -0.3 is 10.4 Å². The number of nitrogens with one attached hydrogen (secondary N) is 1. The summed E-state index contributed by atoms with van der Waals surface area (Å²) < 4.78 is 1.61. The molecule has 1 aromatic carbocycles. The van der Waals surface area contributed by atoms with Crippen LogP contribution in [-0.4, -0.2) is 25.8 Å². The highest BCUT2D eigenvalue weighted by molar-refractivity contribution is 6.04. The van der Waals surface area contributed by atoms with E-state index >= 15 is 0 Å². The van der Waals surface area contributed by atoms with Crippen LogP contribution in [0.15, 0.2) is 36.7 Å². The van der Waals surface area contributed by atoms with Crippen LogP contribution >= 0.6 is 0 Å². The maximum atomic E-state index is 11.4. The summed E-state index contributed by atoms with van der Waals surface area (Å²) in [6.45, 7) is 2.00. The Morgan fingerprint density at radius 2 is 1.95 bits per heavy atom. The summed E-state index contributed by atoms with van der Waals surface area (Å²) in [5.41, 5.74) is 3.22. The van der Waals surface area contributed by atoms with Gasteiger partial charge in [0.15, 0.2) is 5.65 Å². The van der Waals surface area contributed by atoms with Crippen LogP contribution < -0.4 is 5.32 Å². The molecule has 0 unspecified atom stereocenters. The van der Waals surface area contributed by atoms with Gasteiger partial charge in [0, 0.05) is 18.9 Å². The third kappa shape index (κ3) is 2.31. The Bertz CT molecular complexity index is 822. The minimum Gasteiger partial charge on any atom is -0.478 e. The molecule has 0 aliphatic rings. The predicted molar refractivity (Wildman–Crippen MR) is 79.9 cm³/mol. The Morgan fingerprint density at radius 1 is 1.24 bits per heavy atom. The molecule has 6 heteroatoms. The minimum absolute atomic E-state index is 0.121. The molecular weight excluding hydrogens is 268 g/mol. The molecule has 2 heterocycles. The van der Waals surface area contributed by atoms with Crippen molar-refractivity contribution in [1.29, 1.82) is 0 Å². The molecule has 2 N–H and O–H groups in total. The molecule has 0 amide bonds. The van der Waals surface area contributed by atoms with E-state index in [4.69, 9.17) is 0 Å². The van der Waals surface area contributed by atoms with Gasteiger partial charge in [-0.05, 0) is 19.1 Å². The largest absolute Gasteiger partial charge is 0.478 e. The van der Waals surface area contributed by atoms with Crippen molar-refractivity contribution >= 4 is 28.4 Å². The third-order valence-corrected chi connectivity index (χ3v) is 3.31. The van der Waals surface area contributed by atoms with Crippen LogP contribution in [0.5, 0.6) is 0 Å². The number of aromatic nitrogens is 3. The second-order valence-electron chi connectivity index (χ2n) is 4.85. The van der Waals surface area contributed by atoms with Crippen LogP contribution in [0.1, 0.15) is 15.9 Å². The Morgan fingerprint density at radius 3 is 2.62 bits per heavy atom. The molecule has 0 radical (unpaired) electrons. The highest BCUT2D eigenvalue weighted by Crippen LogP contribution is 2.28. The van der Waals surface area contributed by atoms with E-state index in [0.29, 0.717) is 16.7 Å². The Labute approximate surface area is 121 Å². The molecule has 3 rings (SSSR count). The normalized spacial score (nSPS) is 10.8. The molecule has 0 saturated carbocycles. The van der Waals surface area contributed by atoms with Gasteiger partial charge in [-0.3, -0.25) is 4.68 Å². The number of nitrogens with zero attached hydrogens (tertiary/aromatic N) is 3. The summed E-state index contributed by atoms with van der Waals surface area (Å²) in [5, 5.41) is 17.3. The van der Waals surface area contributed by atoms with Crippen LogP contribution in [0, 0.1) is 6.92 Å². The molecule has 0 fully saturated rings. The first kappa shape index (κ1) is 13.1. The Balaban J connectivity index is 2.16. The average molecular weight is 282 g/mol. The van der Waals surface area contributed by atoms with Gasteiger partial charge in [-0.25, -0.2) is 9.78 Å². The van der Waals surface area contributed by atoms with E-state index in [1.807, 2.05) is 31.2 Å². The number of carboxylic acid groups (broad SMARTS) is 1. The van der Waals surface area contributed by atoms with Gasteiger partial charge in [-0.2, -0.15) is 5.10 Å². The smallest absolute Gasteiger partial charge is 0.339 e. The maximum absolute atomic E-state index is 11.4. The first-order valence-electron chi connectivity index (χ1n) is 6.44. The zero-order chi connectivity index (χ0) is 15.0. The molecule has 3 aromatic rings. The van der Waals surface area contributed by atoms with Crippen molar-refractivity contribution < 1.29 is 9.90 Å². The zero-order valence-electron chi connectivity index (χ0n) is 11.7. The summed E-state index contributed by atoms with van der Waals surface area (Å²) in [6.07, 6.45) is 2.97. The van der Waals surface area contributed by atoms with Crippen molar-refractivity contribution in [2.24, 2.45) is 7.05 Å². The lowest BCUT2D eigenvalue weighted by molar-refractivity contribution is 0.0697. The summed E-state index contributed by atoms with van der Waals surface area (Å²) >= 11 is 0. The fraction of sp³-hybridized carbons (Fsp3) is 0.133. The number of benzene rings is 1. The molecule has 2 aromatic heterocycles. The first-order valence-corrected chi connectivity index (χ1v) is 6.44. The van der Waals surface area contributed by atoms with E-state index in [1.54, 1.807) is 17.9 Å². The topological polar surface area (TPSA) is 80.0 Å². The lowest BCUT2D eigenvalue weighted by atomic mass is 10.1. The number of pyridine rings is 1. The average Bonchev–Trinajstić information content (AvgIpc) is 2.83. The molecule has 0 aliphatic carbocycles. The summed E-state index contributed by atoms with van der Waals surface area (Å²) in [6, 6.07) is 7.74. The number of hydrogen-bond acceptors (Lipinski definition) is 4. The van der Waals surface area contributed by atoms with E-state index in [2.05, 4.69) is 15.4 Å². The predicted octanol–water partition coefficient (Wildman–Crippen LogP) is 2.72. The van der Waals surface area contributed by atoms with Gasteiger partial charge in [0.1, 0.15) is 5.56 Å². The fourth-order valence-electron chi connectivity index (χ4n) is 2.17.